The average molecular weight is 334 g/mol. The Morgan fingerprint density at radius 2 is 2.23 bits per heavy atom. The Balaban J connectivity index is 2.21. The molecule has 1 N–H and O–H groups in total. The molecule has 112 valence electrons. The van der Waals surface area contributed by atoms with Crippen LogP contribution < -0.4 is 5.56 Å². The zero-order valence-corrected chi connectivity index (χ0v) is 13.2. The number of rotatable bonds is 3. The third kappa shape index (κ3) is 2.51. The zero-order chi connectivity index (χ0) is 15.7. The van der Waals surface area contributed by atoms with Crippen molar-refractivity contribution in [3.63, 3.8) is 0 Å². The molecule has 0 fully saturated rings. The molecule has 0 aliphatic carbocycles. The molecule has 0 amide bonds. The Hall–Kier alpha value is -2.18. The number of aliphatic imine (C=N–C) groups is 1. The van der Waals surface area contributed by atoms with E-state index >= 15 is 0 Å². The topological polar surface area (TPSA) is 67.5 Å². The van der Waals surface area contributed by atoms with Gasteiger partial charge >= 0.3 is 0 Å². The van der Waals surface area contributed by atoms with E-state index in [1.807, 2.05) is 25.1 Å². The summed E-state index contributed by atoms with van der Waals surface area (Å²) in [4.78, 5) is 20.6. The van der Waals surface area contributed by atoms with Crippen LogP contribution in [0.25, 0.3) is 10.9 Å². The van der Waals surface area contributed by atoms with Gasteiger partial charge in [0.05, 0.1) is 11.7 Å². The summed E-state index contributed by atoms with van der Waals surface area (Å²) >= 11 is 7.00. The third-order valence-electron chi connectivity index (χ3n) is 3.27. The molecular weight excluding hydrogens is 322 g/mol. The van der Waals surface area contributed by atoms with Crippen molar-refractivity contribution >= 4 is 45.2 Å². The molecule has 22 heavy (non-hydrogen) atoms. The highest BCUT2D eigenvalue weighted by molar-refractivity contribution is 7.19. The first kappa shape index (κ1) is 14.7. The van der Waals surface area contributed by atoms with Crippen molar-refractivity contribution in [3.8, 4) is 5.75 Å². The van der Waals surface area contributed by atoms with E-state index in [-0.39, 0.29) is 16.9 Å². The normalized spacial score (nSPS) is 11.5. The van der Waals surface area contributed by atoms with Gasteiger partial charge in [0.1, 0.15) is 15.6 Å². The van der Waals surface area contributed by atoms with Crippen LogP contribution in [0.2, 0.25) is 4.34 Å². The van der Waals surface area contributed by atoms with Crippen molar-refractivity contribution in [1.82, 2.24) is 9.55 Å². The van der Waals surface area contributed by atoms with E-state index in [1.54, 1.807) is 10.6 Å². The summed E-state index contributed by atoms with van der Waals surface area (Å²) in [5, 5.41) is 11.4. The summed E-state index contributed by atoms with van der Waals surface area (Å²) in [7, 11) is 0. The lowest BCUT2D eigenvalue weighted by atomic mass is 10.1. The van der Waals surface area contributed by atoms with Gasteiger partial charge < -0.3 is 9.67 Å². The molecule has 0 aliphatic heterocycles. The number of hydrogen-bond donors (Lipinski definition) is 1. The number of hydrogen-bond acceptors (Lipinski definition) is 5. The van der Waals surface area contributed by atoms with Crippen LogP contribution in [-0.4, -0.2) is 20.9 Å². The summed E-state index contributed by atoms with van der Waals surface area (Å²) in [6.45, 7) is 2.38. The number of aryl methyl sites for hydroxylation is 1. The van der Waals surface area contributed by atoms with E-state index in [0.29, 0.717) is 26.9 Å². The summed E-state index contributed by atoms with van der Waals surface area (Å²) in [5.41, 5.74) is 0.555. The van der Waals surface area contributed by atoms with Crippen molar-refractivity contribution in [2.75, 3.05) is 0 Å². The van der Waals surface area contributed by atoms with E-state index in [2.05, 4.69) is 9.98 Å². The van der Waals surface area contributed by atoms with Crippen molar-refractivity contribution in [1.29, 1.82) is 0 Å². The molecule has 7 heteroatoms. The second kappa shape index (κ2) is 5.90. The fourth-order valence-electron chi connectivity index (χ4n) is 2.27. The minimum Gasteiger partial charge on any atom is -0.506 e. The number of pyridine rings is 1. The second-order valence-electron chi connectivity index (χ2n) is 4.53. The maximum absolute atomic E-state index is 12.5. The number of thiazole rings is 1. The van der Waals surface area contributed by atoms with Gasteiger partial charge in [0.25, 0.3) is 5.56 Å². The minimum absolute atomic E-state index is 0.0725. The number of halogens is 1. The molecule has 5 nitrogen and oxygen atoms in total. The van der Waals surface area contributed by atoms with Gasteiger partial charge in [-0.3, -0.25) is 4.79 Å². The average Bonchev–Trinajstić information content (AvgIpc) is 2.93. The molecule has 1 aromatic carbocycles. The standard InChI is InChI=1S/C15H12ClN3O2S/c1-2-19-11-6-4-3-5-9(11)13(20)10(14(19)21)7-17-15-18-8-12(16)22-15/h3-8,20H,2H2,1H3. The highest BCUT2D eigenvalue weighted by Crippen LogP contribution is 2.27. The first-order valence-electron chi connectivity index (χ1n) is 6.61. The van der Waals surface area contributed by atoms with Gasteiger partial charge in [-0.15, -0.1) is 0 Å². The summed E-state index contributed by atoms with van der Waals surface area (Å²) in [5.74, 6) is -0.0725. The van der Waals surface area contributed by atoms with E-state index in [9.17, 15) is 9.90 Å². The Labute approximate surface area is 135 Å². The van der Waals surface area contributed by atoms with Crippen LogP contribution in [0, 0.1) is 0 Å². The smallest absolute Gasteiger partial charge is 0.263 e. The van der Waals surface area contributed by atoms with Crippen LogP contribution in [-0.2, 0) is 6.54 Å². The number of nitrogens with zero attached hydrogens (tertiary/aromatic N) is 3. The molecule has 3 aromatic rings. The number of aromatic nitrogens is 2. The lowest BCUT2D eigenvalue weighted by Crippen LogP contribution is -2.23. The molecule has 3 rings (SSSR count). The first-order chi connectivity index (χ1) is 10.6. The lowest BCUT2D eigenvalue weighted by Gasteiger charge is -2.11. The molecule has 0 aliphatic rings. The Bertz CT molecular complexity index is 930. The Morgan fingerprint density at radius 1 is 1.45 bits per heavy atom. The Kier molecular flexibility index (Phi) is 3.96. The number of benzene rings is 1. The van der Waals surface area contributed by atoms with Gasteiger partial charge in [0, 0.05) is 18.1 Å². The fraction of sp³-hybridized carbons (Fsp3) is 0.133. The molecule has 0 bridgehead atoms. The molecule has 0 radical (unpaired) electrons. The quantitative estimate of drug-likeness (QED) is 0.745. The highest BCUT2D eigenvalue weighted by atomic mass is 35.5. The predicted molar refractivity (Wildman–Crippen MR) is 89.9 cm³/mol. The molecule has 0 spiro atoms. The highest BCUT2D eigenvalue weighted by Gasteiger charge is 2.13. The van der Waals surface area contributed by atoms with E-state index in [4.69, 9.17) is 11.6 Å². The van der Waals surface area contributed by atoms with Gasteiger partial charge in [-0.25, -0.2) is 9.98 Å². The first-order valence-corrected chi connectivity index (χ1v) is 7.81. The lowest BCUT2D eigenvalue weighted by molar-refractivity contribution is 0.478. The zero-order valence-electron chi connectivity index (χ0n) is 11.7. The molecule has 0 saturated carbocycles. The summed E-state index contributed by atoms with van der Waals surface area (Å²) in [6.07, 6.45) is 2.83. The van der Waals surface area contributed by atoms with Gasteiger partial charge in [0.15, 0.2) is 0 Å². The number of aromatic hydroxyl groups is 1. The van der Waals surface area contributed by atoms with Crippen LogP contribution in [0.4, 0.5) is 5.13 Å². The maximum Gasteiger partial charge on any atom is 0.263 e. The monoisotopic (exact) mass is 333 g/mol. The predicted octanol–water partition coefficient (Wildman–Crippen LogP) is 3.59. The molecule has 2 aromatic heterocycles. The fourth-order valence-corrected chi connectivity index (χ4v) is 3.01. The SMILES string of the molecule is CCn1c(=O)c(C=Nc2ncc(Cl)s2)c(O)c2ccccc21. The third-order valence-corrected chi connectivity index (χ3v) is 4.29. The number of para-hydroxylation sites is 1. The van der Waals surface area contributed by atoms with E-state index < -0.39 is 0 Å². The van der Waals surface area contributed by atoms with Gasteiger partial charge in [-0.2, -0.15) is 0 Å². The van der Waals surface area contributed by atoms with Crippen molar-refractivity contribution < 1.29 is 5.11 Å². The summed E-state index contributed by atoms with van der Waals surface area (Å²) in [6, 6.07) is 7.22. The summed E-state index contributed by atoms with van der Waals surface area (Å²) < 4.78 is 2.12. The minimum atomic E-state index is -0.287. The van der Waals surface area contributed by atoms with Crippen molar-refractivity contribution in [2.24, 2.45) is 4.99 Å². The van der Waals surface area contributed by atoms with Crippen LogP contribution >= 0.6 is 22.9 Å². The maximum atomic E-state index is 12.5. The Morgan fingerprint density at radius 3 is 2.91 bits per heavy atom. The van der Waals surface area contributed by atoms with Crippen LogP contribution in [0.5, 0.6) is 5.75 Å². The largest absolute Gasteiger partial charge is 0.506 e. The molecule has 0 unspecified atom stereocenters. The molecule has 0 saturated heterocycles. The van der Waals surface area contributed by atoms with Crippen molar-refractivity contribution in [3.05, 3.63) is 50.7 Å². The van der Waals surface area contributed by atoms with Gasteiger partial charge in [-0.05, 0) is 19.1 Å². The molecular formula is C15H12ClN3O2S. The van der Waals surface area contributed by atoms with E-state index in [0.717, 1.165) is 0 Å². The van der Waals surface area contributed by atoms with E-state index in [1.165, 1.54) is 23.7 Å². The molecule has 0 atom stereocenters. The van der Waals surface area contributed by atoms with Crippen molar-refractivity contribution in [2.45, 2.75) is 13.5 Å². The van der Waals surface area contributed by atoms with Gasteiger partial charge in [-0.1, -0.05) is 35.1 Å². The van der Waals surface area contributed by atoms with Crippen LogP contribution in [0.3, 0.4) is 0 Å². The number of fused-ring (bicyclic) bond motifs is 1. The van der Waals surface area contributed by atoms with Crippen LogP contribution in [0.1, 0.15) is 12.5 Å². The van der Waals surface area contributed by atoms with Crippen LogP contribution in [0.15, 0.2) is 40.2 Å². The second-order valence-corrected chi connectivity index (χ2v) is 6.17. The van der Waals surface area contributed by atoms with Gasteiger partial charge in [0.2, 0.25) is 5.13 Å². The molecule has 2 heterocycles.